The molecule has 0 spiro atoms. The van der Waals surface area contributed by atoms with E-state index >= 15 is 0 Å². The van der Waals surface area contributed by atoms with E-state index in [1.807, 2.05) is 78.7 Å². The van der Waals surface area contributed by atoms with Gasteiger partial charge in [-0.25, -0.2) is 0 Å². The van der Waals surface area contributed by atoms with Crippen molar-refractivity contribution in [3.05, 3.63) is 106 Å². The van der Waals surface area contributed by atoms with E-state index in [2.05, 4.69) is 0 Å². The highest BCUT2D eigenvalue weighted by Crippen LogP contribution is 2.45. The minimum atomic E-state index is -1.11. The van der Waals surface area contributed by atoms with E-state index in [1.165, 1.54) is 16.9 Å². The summed E-state index contributed by atoms with van der Waals surface area (Å²) in [6.07, 6.45) is 5.24. The van der Waals surface area contributed by atoms with Crippen molar-refractivity contribution in [2.75, 3.05) is 18.3 Å². The topological polar surface area (TPSA) is 75.0 Å². The molecule has 1 aromatic heterocycles. The zero-order valence-corrected chi connectivity index (χ0v) is 18.9. The second-order valence-corrected chi connectivity index (χ2v) is 8.70. The summed E-state index contributed by atoms with van der Waals surface area (Å²) in [7, 11) is 0. The lowest BCUT2D eigenvalue weighted by molar-refractivity contribution is 0.0638. The van der Waals surface area contributed by atoms with Crippen LogP contribution in [0.2, 0.25) is 0 Å². The molecule has 0 aliphatic carbocycles. The van der Waals surface area contributed by atoms with Gasteiger partial charge >= 0.3 is 0 Å². The number of aromatic nitrogens is 1. The van der Waals surface area contributed by atoms with Crippen LogP contribution in [0.1, 0.15) is 28.5 Å². The zero-order valence-electron chi connectivity index (χ0n) is 18.0. The molecule has 5 rings (SSSR count). The lowest BCUT2D eigenvalue weighted by Crippen LogP contribution is -2.62. The van der Waals surface area contributed by atoms with Gasteiger partial charge in [0.15, 0.2) is 16.3 Å². The molecule has 2 atom stereocenters. The third-order valence-corrected chi connectivity index (χ3v) is 6.85. The van der Waals surface area contributed by atoms with Crippen LogP contribution in [0, 0.1) is 0 Å². The minimum Gasteiger partial charge on any atom is -0.502 e. The summed E-state index contributed by atoms with van der Waals surface area (Å²) in [4.78, 5) is 26.2. The van der Waals surface area contributed by atoms with Gasteiger partial charge in [0.2, 0.25) is 5.43 Å². The molecule has 1 N–H and O–H groups in total. The summed E-state index contributed by atoms with van der Waals surface area (Å²) in [6, 6.07) is 18.2. The number of amides is 1. The molecular formula is C25H23N3O4S. The first-order valence-electron chi connectivity index (χ1n) is 10.6. The standard InChI is InChI=1S/C25H23N3O4S/c1-17-8-7-15-32-21-12-6-5-11-19(21)25(33,18-9-3-2-4-10-18)28-16-26(17)24(31)22-23(30)20(29)13-14-27(22)28/h2-14,17,30,33H,15-16H2,1H3/b8-7+/t17-,25+/m1/s1. The van der Waals surface area contributed by atoms with Crippen LogP contribution in [0.3, 0.4) is 0 Å². The smallest absolute Gasteiger partial charge is 0.278 e. The molecule has 33 heavy (non-hydrogen) atoms. The number of para-hydroxylation sites is 1. The molecule has 3 aromatic rings. The summed E-state index contributed by atoms with van der Waals surface area (Å²) in [5, 5.41) is 12.5. The van der Waals surface area contributed by atoms with Gasteiger partial charge in [0.05, 0.1) is 0 Å². The van der Waals surface area contributed by atoms with Crippen molar-refractivity contribution < 1.29 is 14.6 Å². The molecule has 0 fully saturated rings. The van der Waals surface area contributed by atoms with Gasteiger partial charge in [-0.15, -0.1) is 12.6 Å². The number of pyridine rings is 1. The summed E-state index contributed by atoms with van der Waals surface area (Å²) < 4.78 is 7.64. The van der Waals surface area contributed by atoms with Crippen LogP contribution >= 0.6 is 12.6 Å². The van der Waals surface area contributed by atoms with Crippen LogP contribution in [-0.2, 0) is 4.87 Å². The number of benzene rings is 2. The quantitative estimate of drug-likeness (QED) is 0.430. The normalized spacial score (nSPS) is 23.1. The van der Waals surface area contributed by atoms with Crippen LogP contribution in [0.5, 0.6) is 11.5 Å². The highest BCUT2D eigenvalue weighted by Gasteiger charge is 2.46. The van der Waals surface area contributed by atoms with E-state index in [1.54, 1.807) is 4.90 Å². The molecule has 7 nitrogen and oxygen atoms in total. The number of rotatable bonds is 1. The molecule has 168 valence electrons. The third kappa shape index (κ3) is 3.29. The molecule has 2 bridgehead atoms. The largest absolute Gasteiger partial charge is 0.502 e. The lowest BCUT2D eigenvalue weighted by Gasteiger charge is -2.49. The van der Waals surface area contributed by atoms with Crippen molar-refractivity contribution >= 4 is 18.5 Å². The third-order valence-electron chi connectivity index (χ3n) is 6.12. The Balaban J connectivity index is 1.87. The number of ether oxygens (including phenoxy) is 1. The van der Waals surface area contributed by atoms with E-state index in [-0.39, 0.29) is 18.4 Å². The first-order valence-corrected chi connectivity index (χ1v) is 11.1. The maximum absolute atomic E-state index is 13.4. The van der Waals surface area contributed by atoms with Gasteiger partial charge in [0.25, 0.3) is 5.91 Å². The van der Waals surface area contributed by atoms with Crippen LogP contribution < -0.4 is 15.2 Å². The van der Waals surface area contributed by atoms with E-state index in [0.717, 1.165) is 11.1 Å². The number of aromatic hydroxyl groups is 1. The molecule has 0 unspecified atom stereocenters. The van der Waals surface area contributed by atoms with Crippen LogP contribution in [0.15, 0.2) is 83.8 Å². The summed E-state index contributed by atoms with van der Waals surface area (Å²) >= 11 is 5.25. The van der Waals surface area contributed by atoms with Gasteiger partial charge < -0.3 is 14.7 Å². The van der Waals surface area contributed by atoms with E-state index in [4.69, 9.17) is 17.4 Å². The van der Waals surface area contributed by atoms with Gasteiger partial charge in [-0.3, -0.25) is 19.3 Å². The Morgan fingerprint density at radius 3 is 2.58 bits per heavy atom. The average molecular weight is 462 g/mol. The maximum atomic E-state index is 13.4. The number of hydrogen-bond acceptors (Lipinski definition) is 6. The van der Waals surface area contributed by atoms with Crippen LogP contribution in [0.4, 0.5) is 0 Å². The molecule has 1 amide bonds. The Hall–Kier alpha value is -3.65. The predicted molar refractivity (Wildman–Crippen MR) is 128 cm³/mol. The van der Waals surface area contributed by atoms with Gasteiger partial charge in [-0.1, -0.05) is 54.6 Å². The summed E-state index contributed by atoms with van der Waals surface area (Å²) in [5.41, 5.74) is 0.890. The average Bonchev–Trinajstić information content (AvgIpc) is 2.85. The van der Waals surface area contributed by atoms with Crippen molar-refractivity contribution in [2.24, 2.45) is 0 Å². The number of nitrogens with zero attached hydrogens (tertiary/aromatic N) is 3. The first-order chi connectivity index (χ1) is 15.9. The zero-order chi connectivity index (χ0) is 23.2. The number of fused-ring (bicyclic) bond motifs is 5. The van der Waals surface area contributed by atoms with Gasteiger partial charge in [0.1, 0.15) is 19.0 Å². The van der Waals surface area contributed by atoms with Crippen molar-refractivity contribution in [3.8, 4) is 11.5 Å². The number of thiol groups is 1. The molecule has 0 saturated heterocycles. The first kappa shape index (κ1) is 21.2. The van der Waals surface area contributed by atoms with Crippen LogP contribution in [-0.4, -0.2) is 39.9 Å². The van der Waals surface area contributed by atoms with E-state index in [9.17, 15) is 14.7 Å². The molecule has 0 radical (unpaired) electrons. The molecule has 2 aliphatic rings. The van der Waals surface area contributed by atoms with Crippen molar-refractivity contribution in [1.29, 1.82) is 0 Å². The highest BCUT2D eigenvalue weighted by molar-refractivity contribution is 7.81. The Kier molecular flexibility index (Phi) is 5.17. The Bertz CT molecular complexity index is 1310. The fraction of sp³-hybridized carbons (Fsp3) is 0.200. The molecule has 3 heterocycles. The van der Waals surface area contributed by atoms with Gasteiger partial charge in [0, 0.05) is 23.9 Å². The fourth-order valence-electron chi connectivity index (χ4n) is 4.39. The number of carbonyl (C=O) groups excluding carboxylic acids is 1. The Morgan fingerprint density at radius 2 is 1.79 bits per heavy atom. The van der Waals surface area contributed by atoms with Gasteiger partial charge in [-0.2, -0.15) is 0 Å². The van der Waals surface area contributed by atoms with Crippen molar-refractivity contribution in [3.63, 3.8) is 0 Å². The maximum Gasteiger partial charge on any atom is 0.278 e. The van der Waals surface area contributed by atoms with E-state index < -0.39 is 22.0 Å². The second kappa shape index (κ2) is 8.04. The SMILES string of the molecule is C[C@@H]1/C=C/COc2ccccc2[C@@](S)(c2ccccc2)N2CN1C(=O)c1c(O)c(=O)ccn12. The summed E-state index contributed by atoms with van der Waals surface area (Å²) in [6.45, 7) is 2.36. The Morgan fingerprint density at radius 1 is 1.06 bits per heavy atom. The van der Waals surface area contributed by atoms with Crippen LogP contribution in [0.25, 0.3) is 0 Å². The minimum absolute atomic E-state index is 0.0963. The second-order valence-electron chi connectivity index (χ2n) is 8.05. The van der Waals surface area contributed by atoms with Gasteiger partial charge in [-0.05, 0) is 24.6 Å². The van der Waals surface area contributed by atoms with Crippen molar-refractivity contribution in [2.45, 2.75) is 17.8 Å². The number of hydrogen-bond donors (Lipinski definition) is 2. The number of carbonyl (C=O) groups is 1. The molecular weight excluding hydrogens is 438 g/mol. The van der Waals surface area contributed by atoms with E-state index in [0.29, 0.717) is 12.4 Å². The molecule has 2 aromatic carbocycles. The summed E-state index contributed by atoms with van der Waals surface area (Å²) in [5.74, 6) is -0.377. The molecule has 2 aliphatic heterocycles. The predicted octanol–water partition coefficient (Wildman–Crippen LogP) is 3.07. The van der Waals surface area contributed by atoms with Crippen molar-refractivity contribution in [1.82, 2.24) is 9.58 Å². The monoisotopic (exact) mass is 461 g/mol. The molecule has 8 heteroatoms. The molecule has 0 saturated carbocycles. The Labute approximate surface area is 196 Å². The fourth-order valence-corrected chi connectivity index (χ4v) is 4.88. The lowest BCUT2D eigenvalue weighted by atomic mass is 9.95. The highest BCUT2D eigenvalue weighted by atomic mass is 32.1.